The van der Waals surface area contributed by atoms with Crippen LogP contribution in [0.5, 0.6) is 11.5 Å². The molecule has 3 N–H and O–H groups in total. The average molecular weight is 396 g/mol. The lowest BCUT2D eigenvalue weighted by atomic mass is 10.1. The Morgan fingerprint density at radius 3 is 2.66 bits per heavy atom. The highest BCUT2D eigenvalue weighted by molar-refractivity contribution is 5.99. The van der Waals surface area contributed by atoms with Gasteiger partial charge in [-0.15, -0.1) is 0 Å². The van der Waals surface area contributed by atoms with Crippen molar-refractivity contribution >= 4 is 29.2 Å². The summed E-state index contributed by atoms with van der Waals surface area (Å²) in [6, 6.07) is 12.7. The first kappa shape index (κ1) is 18.6. The van der Waals surface area contributed by atoms with Gasteiger partial charge in [0.05, 0.1) is 6.42 Å². The van der Waals surface area contributed by atoms with Crippen LogP contribution in [0.3, 0.4) is 0 Å². The van der Waals surface area contributed by atoms with Gasteiger partial charge in [-0.3, -0.25) is 9.59 Å². The van der Waals surface area contributed by atoms with Crippen molar-refractivity contribution in [3.8, 4) is 11.5 Å². The fraction of sp³-hybridized carbons (Fsp3) is 0.250. The van der Waals surface area contributed by atoms with Gasteiger partial charge in [0.1, 0.15) is 6.04 Å². The molecule has 0 aliphatic carbocycles. The van der Waals surface area contributed by atoms with E-state index in [1.165, 1.54) is 4.90 Å². The Balaban J connectivity index is 1.42. The summed E-state index contributed by atoms with van der Waals surface area (Å²) in [5, 5.41) is 8.20. The van der Waals surface area contributed by atoms with Crippen LogP contribution in [0.25, 0.3) is 0 Å². The van der Waals surface area contributed by atoms with E-state index in [1.54, 1.807) is 42.5 Å². The van der Waals surface area contributed by atoms with Crippen LogP contribution in [0.4, 0.5) is 16.2 Å². The molecular formula is C20H20N4O5. The number of carbonyl (C=O) groups excluding carboxylic acids is 3. The lowest BCUT2D eigenvalue weighted by Gasteiger charge is -2.34. The molecule has 1 fully saturated rings. The molecule has 0 saturated carbocycles. The molecule has 2 aliphatic rings. The van der Waals surface area contributed by atoms with E-state index in [1.807, 2.05) is 6.07 Å². The van der Waals surface area contributed by atoms with Gasteiger partial charge in [-0.25, -0.2) is 4.79 Å². The molecule has 4 rings (SSSR count). The van der Waals surface area contributed by atoms with Crippen molar-refractivity contribution < 1.29 is 23.9 Å². The fourth-order valence-corrected chi connectivity index (χ4v) is 3.24. The largest absolute Gasteiger partial charge is 0.454 e. The Bertz CT molecular complexity index is 934. The van der Waals surface area contributed by atoms with Crippen LogP contribution in [0, 0.1) is 0 Å². The summed E-state index contributed by atoms with van der Waals surface area (Å²) in [5.74, 6) is 0.407. The highest BCUT2D eigenvalue weighted by Gasteiger charge is 2.35. The van der Waals surface area contributed by atoms with Crippen molar-refractivity contribution in [2.75, 3.05) is 30.5 Å². The van der Waals surface area contributed by atoms with Crippen molar-refractivity contribution in [1.82, 2.24) is 10.2 Å². The van der Waals surface area contributed by atoms with Gasteiger partial charge in [0.25, 0.3) is 0 Å². The number of urea groups is 1. The van der Waals surface area contributed by atoms with E-state index in [-0.39, 0.29) is 25.0 Å². The van der Waals surface area contributed by atoms with Gasteiger partial charge in [-0.2, -0.15) is 0 Å². The molecule has 0 spiro atoms. The zero-order chi connectivity index (χ0) is 20.2. The van der Waals surface area contributed by atoms with E-state index in [9.17, 15) is 14.4 Å². The maximum absolute atomic E-state index is 12.7. The third-order valence-electron chi connectivity index (χ3n) is 4.65. The zero-order valence-electron chi connectivity index (χ0n) is 15.5. The van der Waals surface area contributed by atoms with E-state index in [2.05, 4.69) is 16.0 Å². The van der Waals surface area contributed by atoms with Crippen LogP contribution in [-0.2, 0) is 9.59 Å². The van der Waals surface area contributed by atoms with Crippen molar-refractivity contribution in [2.24, 2.45) is 0 Å². The van der Waals surface area contributed by atoms with Gasteiger partial charge in [-0.05, 0) is 24.3 Å². The number of fused-ring (bicyclic) bond motifs is 1. The Kier molecular flexibility index (Phi) is 5.19. The second-order valence-corrected chi connectivity index (χ2v) is 6.62. The van der Waals surface area contributed by atoms with E-state index < -0.39 is 12.1 Å². The van der Waals surface area contributed by atoms with Gasteiger partial charge in [-0.1, -0.05) is 18.2 Å². The number of ether oxygens (including phenoxy) is 2. The molecule has 0 radical (unpaired) electrons. The van der Waals surface area contributed by atoms with Crippen LogP contribution >= 0.6 is 0 Å². The highest BCUT2D eigenvalue weighted by atomic mass is 16.7. The third-order valence-corrected chi connectivity index (χ3v) is 4.65. The summed E-state index contributed by atoms with van der Waals surface area (Å²) in [7, 11) is 0. The summed E-state index contributed by atoms with van der Waals surface area (Å²) in [6.45, 7) is 0.786. The number of para-hydroxylation sites is 1. The van der Waals surface area contributed by atoms with Crippen molar-refractivity contribution in [1.29, 1.82) is 0 Å². The van der Waals surface area contributed by atoms with Gasteiger partial charge < -0.3 is 30.3 Å². The summed E-state index contributed by atoms with van der Waals surface area (Å²) >= 11 is 0. The Labute approximate surface area is 167 Å². The van der Waals surface area contributed by atoms with E-state index in [4.69, 9.17) is 9.47 Å². The standard InChI is InChI=1S/C20H20N4O5/c25-18(22-14-6-7-16-17(10-14)29-12-28-16)11-15-19(26)21-8-9-24(15)20(27)23-13-4-2-1-3-5-13/h1-7,10,15H,8-9,11-12H2,(H,21,26)(H,22,25)(H,23,27)/t15-/m0/s1. The number of nitrogens with one attached hydrogen (secondary N) is 3. The van der Waals surface area contributed by atoms with Gasteiger partial charge in [0.15, 0.2) is 11.5 Å². The second-order valence-electron chi connectivity index (χ2n) is 6.62. The predicted octanol–water partition coefficient (Wildman–Crippen LogP) is 1.78. The van der Waals surface area contributed by atoms with Crippen LogP contribution in [0.15, 0.2) is 48.5 Å². The Morgan fingerprint density at radius 1 is 1.03 bits per heavy atom. The SMILES string of the molecule is O=C(C[C@H]1C(=O)NCCN1C(=O)Nc1ccccc1)Nc1ccc2c(c1)OCO2. The molecule has 9 heteroatoms. The number of benzene rings is 2. The van der Waals surface area contributed by atoms with E-state index in [0.29, 0.717) is 36.0 Å². The van der Waals surface area contributed by atoms with Crippen LogP contribution in [0.2, 0.25) is 0 Å². The minimum atomic E-state index is -0.901. The molecule has 2 aromatic carbocycles. The molecule has 4 amide bonds. The minimum Gasteiger partial charge on any atom is -0.454 e. The van der Waals surface area contributed by atoms with Crippen molar-refractivity contribution in [3.63, 3.8) is 0 Å². The molecule has 0 bridgehead atoms. The highest BCUT2D eigenvalue weighted by Crippen LogP contribution is 2.34. The first-order valence-electron chi connectivity index (χ1n) is 9.20. The van der Waals surface area contributed by atoms with E-state index >= 15 is 0 Å². The number of anilines is 2. The summed E-state index contributed by atoms with van der Waals surface area (Å²) in [5.41, 5.74) is 1.14. The molecule has 1 atom stereocenters. The number of amides is 4. The lowest BCUT2D eigenvalue weighted by molar-refractivity contribution is -0.130. The smallest absolute Gasteiger partial charge is 0.322 e. The first-order chi connectivity index (χ1) is 14.1. The summed E-state index contributed by atoms with van der Waals surface area (Å²) in [4.78, 5) is 38.9. The van der Waals surface area contributed by atoms with Gasteiger partial charge >= 0.3 is 6.03 Å². The van der Waals surface area contributed by atoms with Crippen molar-refractivity contribution in [2.45, 2.75) is 12.5 Å². The minimum absolute atomic E-state index is 0.139. The molecule has 29 heavy (non-hydrogen) atoms. The molecular weight excluding hydrogens is 376 g/mol. The predicted molar refractivity (Wildman–Crippen MR) is 105 cm³/mol. The zero-order valence-corrected chi connectivity index (χ0v) is 15.5. The first-order valence-corrected chi connectivity index (χ1v) is 9.20. The van der Waals surface area contributed by atoms with Gasteiger partial charge in [0.2, 0.25) is 18.6 Å². The summed E-state index contributed by atoms with van der Waals surface area (Å²) < 4.78 is 10.5. The second kappa shape index (κ2) is 8.09. The molecule has 2 heterocycles. The molecule has 0 aromatic heterocycles. The van der Waals surface area contributed by atoms with Gasteiger partial charge in [0, 0.05) is 30.5 Å². The molecule has 2 aliphatic heterocycles. The maximum Gasteiger partial charge on any atom is 0.322 e. The molecule has 150 valence electrons. The Hall–Kier alpha value is -3.75. The van der Waals surface area contributed by atoms with Crippen molar-refractivity contribution in [3.05, 3.63) is 48.5 Å². The topological polar surface area (TPSA) is 109 Å². The third kappa shape index (κ3) is 4.23. The number of rotatable bonds is 4. The molecule has 1 saturated heterocycles. The number of piperazine rings is 1. The molecule has 0 unspecified atom stereocenters. The number of nitrogens with zero attached hydrogens (tertiary/aromatic N) is 1. The summed E-state index contributed by atoms with van der Waals surface area (Å²) in [6.07, 6.45) is -0.164. The lowest BCUT2D eigenvalue weighted by Crippen LogP contribution is -2.59. The Morgan fingerprint density at radius 2 is 1.83 bits per heavy atom. The monoisotopic (exact) mass is 396 g/mol. The van der Waals surface area contributed by atoms with Crippen LogP contribution in [-0.4, -0.2) is 48.7 Å². The quantitative estimate of drug-likeness (QED) is 0.730. The van der Waals surface area contributed by atoms with Crippen LogP contribution < -0.4 is 25.4 Å². The van der Waals surface area contributed by atoms with E-state index in [0.717, 1.165) is 0 Å². The van der Waals surface area contributed by atoms with Crippen LogP contribution in [0.1, 0.15) is 6.42 Å². The fourth-order valence-electron chi connectivity index (χ4n) is 3.24. The number of hydrogen-bond acceptors (Lipinski definition) is 5. The molecule has 2 aromatic rings. The molecule has 9 nitrogen and oxygen atoms in total. The normalized spacial score (nSPS) is 17.4. The number of carbonyl (C=O) groups is 3. The average Bonchev–Trinajstić information content (AvgIpc) is 3.18. The number of hydrogen-bond donors (Lipinski definition) is 3. The maximum atomic E-state index is 12.7.